The van der Waals surface area contributed by atoms with Crippen molar-refractivity contribution in [3.8, 4) is 0 Å². The summed E-state index contributed by atoms with van der Waals surface area (Å²) in [5, 5.41) is 3.42. The van der Waals surface area contributed by atoms with Crippen molar-refractivity contribution in [1.82, 2.24) is 15.2 Å². The molecule has 0 unspecified atom stereocenters. The number of pyridine rings is 1. The summed E-state index contributed by atoms with van der Waals surface area (Å²) in [6, 6.07) is 2.62. The van der Waals surface area contributed by atoms with Gasteiger partial charge in [0.15, 0.2) is 0 Å². The summed E-state index contributed by atoms with van der Waals surface area (Å²) in [5.41, 5.74) is 1.51. The van der Waals surface area contributed by atoms with Gasteiger partial charge < -0.3 is 5.32 Å². The van der Waals surface area contributed by atoms with Crippen molar-refractivity contribution in [3.63, 3.8) is 0 Å². The number of hydrogen-bond acceptors (Lipinski definition) is 3. The number of piperazine rings is 1. The average molecular weight is 385 g/mol. The number of aromatic nitrogens is 1. The van der Waals surface area contributed by atoms with E-state index in [0.29, 0.717) is 6.04 Å². The highest BCUT2D eigenvalue weighted by atomic mass is 79.9. The van der Waals surface area contributed by atoms with Crippen LogP contribution >= 0.6 is 40.7 Å². The molecular formula is C14H24BrCl2N3. The normalized spacial score (nSPS) is 17.8. The second kappa shape index (κ2) is 8.54. The molecule has 2 heterocycles. The van der Waals surface area contributed by atoms with Gasteiger partial charge in [0.25, 0.3) is 0 Å². The minimum atomic E-state index is 0. The molecule has 1 aromatic rings. The molecule has 2 rings (SSSR count). The van der Waals surface area contributed by atoms with Gasteiger partial charge in [0.1, 0.15) is 0 Å². The molecule has 0 saturated carbocycles. The first kappa shape index (κ1) is 20.1. The lowest BCUT2D eigenvalue weighted by Crippen LogP contribution is -2.48. The van der Waals surface area contributed by atoms with Crippen molar-refractivity contribution in [3.05, 3.63) is 28.5 Å². The number of halogens is 3. The van der Waals surface area contributed by atoms with Gasteiger partial charge in [-0.2, -0.15) is 0 Å². The van der Waals surface area contributed by atoms with Gasteiger partial charge in [0.2, 0.25) is 0 Å². The van der Waals surface area contributed by atoms with E-state index < -0.39 is 0 Å². The van der Waals surface area contributed by atoms with Crippen LogP contribution in [0, 0.1) is 5.41 Å². The first-order chi connectivity index (χ1) is 8.48. The lowest BCUT2D eigenvalue weighted by Gasteiger charge is -2.42. The molecule has 3 nitrogen and oxygen atoms in total. The summed E-state index contributed by atoms with van der Waals surface area (Å²) in [6.45, 7) is 11.3. The van der Waals surface area contributed by atoms with Crippen molar-refractivity contribution in [2.45, 2.75) is 26.8 Å². The fourth-order valence-electron chi connectivity index (χ4n) is 2.78. The molecule has 0 radical (unpaired) electrons. The Hall–Kier alpha value is 0.130. The second-order valence-corrected chi connectivity index (χ2v) is 6.91. The third-order valence-corrected chi connectivity index (χ3v) is 3.81. The molecule has 1 aliphatic heterocycles. The van der Waals surface area contributed by atoms with Crippen LogP contribution in [0.1, 0.15) is 32.4 Å². The van der Waals surface area contributed by atoms with Crippen molar-refractivity contribution in [1.29, 1.82) is 0 Å². The molecule has 1 N–H and O–H groups in total. The third kappa shape index (κ3) is 5.15. The topological polar surface area (TPSA) is 28.2 Å². The van der Waals surface area contributed by atoms with Crippen LogP contribution in [0.15, 0.2) is 22.9 Å². The molecule has 116 valence electrons. The monoisotopic (exact) mass is 383 g/mol. The van der Waals surface area contributed by atoms with Gasteiger partial charge in [-0.05, 0) is 33.0 Å². The highest BCUT2D eigenvalue weighted by Crippen LogP contribution is 2.38. The zero-order chi connectivity index (χ0) is 13.2. The average Bonchev–Trinajstić information content (AvgIpc) is 2.28. The van der Waals surface area contributed by atoms with Crippen LogP contribution in [0.4, 0.5) is 0 Å². The van der Waals surface area contributed by atoms with E-state index in [1.807, 2.05) is 12.4 Å². The quantitative estimate of drug-likeness (QED) is 0.842. The highest BCUT2D eigenvalue weighted by Gasteiger charge is 2.32. The van der Waals surface area contributed by atoms with Gasteiger partial charge in [-0.15, -0.1) is 24.8 Å². The van der Waals surface area contributed by atoms with E-state index >= 15 is 0 Å². The Kier molecular flexibility index (Phi) is 8.60. The van der Waals surface area contributed by atoms with Crippen LogP contribution < -0.4 is 5.32 Å². The molecule has 0 amide bonds. The van der Waals surface area contributed by atoms with E-state index in [1.54, 1.807) is 0 Å². The van der Waals surface area contributed by atoms with Crippen molar-refractivity contribution in [2.24, 2.45) is 5.41 Å². The second-order valence-electron chi connectivity index (χ2n) is 5.99. The summed E-state index contributed by atoms with van der Waals surface area (Å²) in [5.74, 6) is 0. The molecule has 0 spiro atoms. The molecule has 0 aromatic carbocycles. The standard InChI is InChI=1S/C14H22BrN3.2ClH/c1-14(2,3)13(18-6-4-16-5-7-18)11-8-12(15)10-17-9-11;;/h8-10,13,16H,4-7H2,1-3H3;2*1H/t13-;;/m1../s1. The zero-order valence-corrected chi connectivity index (χ0v) is 15.4. The maximum atomic E-state index is 4.32. The van der Waals surface area contributed by atoms with Crippen LogP contribution in [-0.2, 0) is 0 Å². The Morgan fingerprint density at radius 2 is 1.80 bits per heavy atom. The molecule has 6 heteroatoms. The van der Waals surface area contributed by atoms with Crippen molar-refractivity contribution < 1.29 is 0 Å². The van der Waals surface area contributed by atoms with Crippen LogP contribution in [-0.4, -0.2) is 36.1 Å². The number of nitrogens with zero attached hydrogens (tertiary/aromatic N) is 2. The fourth-order valence-corrected chi connectivity index (χ4v) is 3.16. The predicted octanol–water partition coefficient (Wildman–Crippen LogP) is 3.68. The van der Waals surface area contributed by atoms with E-state index in [-0.39, 0.29) is 30.2 Å². The largest absolute Gasteiger partial charge is 0.314 e. The van der Waals surface area contributed by atoms with E-state index in [4.69, 9.17) is 0 Å². The Balaban J connectivity index is 0.00000180. The third-order valence-electron chi connectivity index (χ3n) is 3.38. The van der Waals surface area contributed by atoms with Gasteiger partial charge >= 0.3 is 0 Å². The fraction of sp³-hybridized carbons (Fsp3) is 0.643. The molecule has 1 fully saturated rings. The van der Waals surface area contributed by atoms with Crippen molar-refractivity contribution in [2.75, 3.05) is 26.2 Å². The minimum Gasteiger partial charge on any atom is -0.314 e. The first-order valence-corrected chi connectivity index (χ1v) is 7.33. The van der Waals surface area contributed by atoms with Crippen LogP contribution in [0.2, 0.25) is 0 Å². The van der Waals surface area contributed by atoms with Crippen molar-refractivity contribution >= 4 is 40.7 Å². The SMILES string of the molecule is CC(C)(C)[C@@H](c1cncc(Br)c1)N1CCNCC1.Cl.Cl. The summed E-state index contributed by atoms with van der Waals surface area (Å²) in [7, 11) is 0. The van der Waals surface area contributed by atoms with Gasteiger partial charge in [-0.1, -0.05) is 20.8 Å². The molecule has 20 heavy (non-hydrogen) atoms. The molecule has 0 bridgehead atoms. The van der Waals surface area contributed by atoms with E-state index in [1.165, 1.54) is 5.56 Å². The first-order valence-electron chi connectivity index (χ1n) is 6.54. The number of rotatable bonds is 2. The van der Waals surface area contributed by atoms with Crippen LogP contribution in [0.25, 0.3) is 0 Å². The number of nitrogens with one attached hydrogen (secondary N) is 1. The maximum absolute atomic E-state index is 4.32. The van der Waals surface area contributed by atoms with Gasteiger partial charge in [0.05, 0.1) is 0 Å². The molecule has 1 saturated heterocycles. The molecule has 0 aliphatic carbocycles. The van der Waals surface area contributed by atoms with E-state index in [0.717, 1.165) is 30.7 Å². The predicted molar refractivity (Wildman–Crippen MR) is 93.1 cm³/mol. The maximum Gasteiger partial charge on any atom is 0.0413 e. The Morgan fingerprint density at radius 1 is 1.20 bits per heavy atom. The highest BCUT2D eigenvalue weighted by molar-refractivity contribution is 9.10. The minimum absolute atomic E-state index is 0. The molecule has 1 aromatic heterocycles. The van der Waals surface area contributed by atoms with Gasteiger partial charge in [-0.3, -0.25) is 9.88 Å². The van der Waals surface area contributed by atoms with Gasteiger partial charge in [-0.25, -0.2) is 0 Å². The molecule has 1 aliphatic rings. The Bertz CT molecular complexity index is 404. The van der Waals surface area contributed by atoms with Gasteiger partial charge in [0, 0.05) is 49.1 Å². The summed E-state index contributed by atoms with van der Waals surface area (Å²) in [4.78, 5) is 6.89. The smallest absolute Gasteiger partial charge is 0.0413 e. The molecule has 1 atom stereocenters. The lowest BCUT2D eigenvalue weighted by molar-refractivity contribution is 0.0859. The Labute approximate surface area is 142 Å². The summed E-state index contributed by atoms with van der Waals surface area (Å²) in [6.07, 6.45) is 3.85. The lowest BCUT2D eigenvalue weighted by atomic mass is 9.81. The summed E-state index contributed by atoms with van der Waals surface area (Å²) < 4.78 is 1.06. The number of hydrogen-bond donors (Lipinski definition) is 1. The van der Waals surface area contributed by atoms with E-state index in [2.05, 4.69) is 58.0 Å². The van der Waals surface area contributed by atoms with E-state index in [9.17, 15) is 0 Å². The summed E-state index contributed by atoms with van der Waals surface area (Å²) >= 11 is 3.53. The Morgan fingerprint density at radius 3 is 2.30 bits per heavy atom. The van der Waals surface area contributed by atoms with Crippen LogP contribution in [0.5, 0.6) is 0 Å². The van der Waals surface area contributed by atoms with Crippen LogP contribution in [0.3, 0.4) is 0 Å². The zero-order valence-electron chi connectivity index (χ0n) is 12.2. The molecular weight excluding hydrogens is 361 g/mol.